The van der Waals surface area contributed by atoms with E-state index < -0.39 is 0 Å². The van der Waals surface area contributed by atoms with E-state index in [1.807, 2.05) is 57.0 Å². The molecule has 2 aromatic rings. The molecule has 0 spiro atoms. The second kappa shape index (κ2) is 5.90. The molecule has 0 saturated heterocycles. The third kappa shape index (κ3) is 2.46. The molecule has 0 unspecified atom stereocenters. The molecule has 2 rings (SSSR count). The van der Waals surface area contributed by atoms with Gasteiger partial charge in [-0.2, -0.15) is 0 Å². The molecule has 0 bridgehead atoms. The number of aromatic nitrogens is 1. The number of carbonyl (C=O) groups excluding carboxylic acids is 1. The summed E-state index contributed by atoms with van der Waals surface area (Å²) in [5.41, 5.74) is 0.662. The fraction of sp³-hybridized carbons (Fsp3) is 0.375. The van der Waals surface area contributed by atoms with Gasteiger partial charge in [0.25, 0.3) is 5.91 Å². The van der Waals surface area contributed by atoms with Gasteiger partial charge >= 0.3 is 0 Å². The molecular weight excluding hydrogens is 250 g/mol. The minimum absolute atomic E-state index is 0.0360. The molecule has 4 nitrogen and oxygen atoms in total. The molecule has 0 aliphatic rings. The zero-order valence-electron chi connectivity index (χ0n) is 12.5. The fourth-order valence-corrected chi connectivity index (χ4v) is 2.46. The number of nitrogens with one attached hydrogen (secondary N) is 1. The minimum Gasteiger partial charge on any atom is -0.373 e. The highest BCUT2D eigenvalue weighted by molar-refractivity contribution is 6.09. The Morgan fingerprint density at radius 2 is 1.95 bits per heavy atom. The number of amides is 1. The van der Waals surface area contributed by atoms with Crippen molar-refractivity contribution in [2.45, 2.75) is 26.8 Å². The summed E-state index contributed by atoms with van der Waals surface area (Å²) < 4.78 is 0. The number of hydrogen-bond acceptors (Lipinski definition) is 3. The highest BCUT2D eigenvalue weighted by atomic mass is 16.2. The van der Waals surface area contributed by atoms with Gasteiger partial charge in [-0.05, 0) is 26.2 Å². The van der Waals surface area contributed by atoms with Crippen molar-refractivity contribution in [3.8, 4) is 0 Å². The lowest BCUT2D eigenvalue weighted by molar-refractivity contribution is 0.0718. The number of hydrogen-bond donors (Lipinski definition) is 1. The van der Waals surface area contributed by atoms with Crippen molar-refractivity contribution in [1.29, 1.82) is 0 Å². The van der Waals surface area contributed by atoms with Crippen LogP contribution in [-0.4, -0.2) is 35.4 Å². The Balaban J connectivity index is 2.58. The lowest BCUT2D eigenvalue weighted by Crippen LogP contribution is -2.36. The normalized spacial score (nSPS) is 10.8. The highest BCUT2D eigenvalue weighted by Gasteiger charge is 2.20. The molecule has 106 valence electrons. The molecule has 1 N–H and O–H groups in total. The van der Waals surface area contributed by atoms with Gasteiger partial charge in [0.1, 0.15) is 5.82 Å². The van der Waals surface area contributed by atoms with Crippen LogP contribution in [0.15, 0.2) is 30.5 Å². The van der Waals surface area contributed by atoms with Crippen LogP contribution in [0, 0.1) is 0 Å². The van der Waals surface area contributed by atoms with Crippen molar-refractivity contribution < 1.29 is 4.79 Å². The summed E-state index contributed by atoms with van der Waals surface area (Å²) in [4.78, 5) is 18.9. The maximum atomic E-state index is 12.7. The molecule has 0 fully saturated rings. The molecule has 0 radical (unpaired) electrons. The average molecular weight is 271 g/mol. The molecule has 0 aliphatic heterocycles. The molecular formula is C16H21N3O. The number of anilines is 1. The van der Waals surface area contributed by atoms with Gasteiger partial charge in [-0.1, -0.05) is 24.3 Å². The van der Waals surface area contributed by atoms with E-state index in [9.17, 15) is 4.79 Å². The first kappa shape index (κ1) is 14.3. The van der Waals surface area contributed by atoms with Crippen molar-refractivity contribution in [2.75, 3.05) is 18.9 Å². The smallest absolute Gasteiger partial charge is 0.256 e. The van der Waals surface area contributed by atoms with E-state index in [2.05, 4.69) is 10.3 Å². The zero-order chi connectivity index (χ0) is 14.7. The standard InChI is InChI=1S/C16H21N3O/c1-5-19(11(2)3)16(20)14-10-18-15(17-4)13-9-7-6-8-12(13)14/h6-11H,5H2,1-4H3,(H,17,18). The number of fused-ring (bicyclic) bond motifs is 1. The zero-order valence-corrected chi connectivity index (χ0v) is 12.5. The van der Waals surface area contributed by atoms with Gasteiger partial charge < -0.3 is 10.2 Å². The number of pyridine rings is 1. The highest BCUT2D eigenvalue weighted by Crippen LogP contribution is 2.25. The lowest BCUT2D eigenvalue weighted by Gasteiger charge is -2.25. The summed E-state index contributed by atoms with van der Waals surface area (Å²) in [5, 5.41) is 4.98. The first-order valence-corrected chi connectivity index (χ1v) is 6.96. The molecule has 0 aliphatic carbocycles. The Labute approximate surface area is 119 Å². The summed E-state index contributed by atoms with van der Waals surface area (Å²) in [6, 6.07) is 8.04. The molecule has 4 heteroatoms. The molecule has 0 saturated carbocycles. The SMILES string of the molecule is CCN(C(=O)c1cnc(NC)c2ccccc12)C(C)C. The molecule has 1 amide bonds. The summed E-state index contributed by atoms with van der Waals surface area (Å²) in [6.07, 6.45) is 1.67. The number of rotatable bonds is 4. The van der Waals surface area contributed by atoms with Gasteiger partial charge in [0.15, 0.2) is 0 Å². The van der Waals surface area contributed by atoms with Crippen molar-refractivity contribution >= 4 is 22.5 Å². The summed E-state index contributed by atoms with van der Waals surface area (Å²) in [7, 11) is 1.84. The quantitative estimate of drug-likeness (QED) is 0.929. The first-order chi connectivity index (χ1) is 9.60. The van der Waals surface area contributed by atoms with Crippen molar-refractivity contribution in [1.82, 2.24) is 9.88 Å². The first-order valence-electron chi connectivity index (χ1n) is 6.96. The van der Waals surface area contributed by atoms with E-state index in [0.29, 0.717) is 12.1 Å². The molecule has 1 aromatic carbocycles. The third-order valence-electron chi connectivity index (χ3n) is 3.49. The maximum absolute atomic E-state index is 12.7. The van der Waals surface area contributed by atoms with E-state index in [4.69, 9.17) is 0 Å². The van der Waals surface area contributed by atoms with Gasteiger partial charge in [0.2, 0.25) is 0 Å². The van der Waals surface area contributed by atoms with E-state index in [1.165, 1.54) is 0 Å². The second-order valence-electron chi connectivity index (χ2n) is 5.00. The van der Waals surface area contributed by atoms with E-state index in [-0.39, 0.29) is 11.9 Å². The van der Waals surface area contributed by atoms with Crippen molar-refractivity contribution in [2.24, 2.45) is 0 Å². The molecule has 0 atom stereocenters. The Kier molecular flexibility index (Phi) is 4.23. The van der Waals surface area contributed by atoms with E-state index >= 15 is 0 Å². The predicted octanol–water partition coefficient (Wildman–Crippen LogP) is 3.15. The average Bonchev–Trinajstić information content (AvgIpc) is 2.46. The number of carbonyl (C=O) groups is 1. The van der Waals surface area contributed by atoms with Gasteiger partial charge in [0, 0.05) is 31.2 Å². The summed E-state index contributed by atoms with van der Waals surface area (Å²) in [6.45, 7) is 6.74. The van der Waals surface area contributed by atoms with E-state index in [0.717, 1.165) is 16.6 Å². The van der Waals surface area contributed by atoms with Crippen molar-refractivity contribution in [3.63, 3.8) is 0 Å². The van der Waals surface area contributed by atoms with Crippen LogP contribution < -0.4 is 5.32 Å². The third-order valence-corrected chi connectivity index (χ3v) is 3.49. The molecule has 20 heavy (non-hydrogen) atoms. The largest absolute Gasteiger partial charge is 0.373 e. The monoisotopic (exact) mass is 271 g/mol. The van der Waals surface area contributed by atoms with Crippen LogP contribution in [-0.2, 0) is 0 Å². The number of nitrogens with zero attached hydrogens (tertiary/aromatic N) is 2. The van der Waals surface area contributed by atoms with Crippen LogP contribution in [0.1, 0.15) is 31.1 Å². The summed E-state index contributed by atoms with van der Waals surface area (Å²) in [5.74, 6) is 0.832. The van der Waals surface area contributed by atoms with Crippen LogP contribution >= 0.6 is 0 Å². The minimum atomic E-state index is 0.0360. The number of benzene rings is 1. The van der Waals surface area contributed by atoms with Crippen LogP contribution in [0.5, 0.6) is 0 Å². The van der Waals surface area contributed by atoms with Crippen LogP contribution in [0.3, 0.4) is 0 Å². The van der Waals surface area contributed by atoms with Gasteiger partial charge in [-0.3, -0.25) is 4.79 Å². The van der Waals surface area contributed by atoms with Crippen LogP contribution in [0.25, 0.3) is 10.8 Å². The Hall–Kier alpha value is -2.10. The fourth-order valence-electron chi connectivity index (χ4n) is 2.46. The molecule has 1 heterocycles. The Bertz CT molecular complexity index is 622. The predicted molar refractivity (Wildman–Crippen MR) is 83.1 cm³/mol. The van der Waals surface area contributed by atoms with E-state index in [1.54, 1.807) is 6.20 Å². The van der Waals surface area contributed by atoms with Gasteiger partial charge in [-0.25, -0.2) is 4.98 Å². The van der Waals surface area contributed by atoms with Crippen LogP contribution in [0.2, 0.25) is 0 Å². The second-order valence-corrected chi connectivity index (χ2v) is 5.00. The van der Waals surface area contributed by atoms with Crippen LogP contribution in [0.4, 0.5) is 5.82 Å². The topological polar surface area (TPSA) is 45.2 Å². The van der Waals surface area contributed by atoms with Gasteiger partial charge in [0.05, 0.1) is 5.56 Å². The molecule has 1 aromatic heterocycles. The Morgan fingerprint density at radius 1 is 1.30 bits per heavy atom. The lowest BCUT2D eigenvalue weighted by atomic mass is 10.1. The Morgan fingerprint density at radius 3 is 2.50 bits per heavy atom. The van der Waals surface area contributed by atoms with Gasteiger partial charge in [-0.15, -0.1) is 0 Å². The maximum Gasteiger partial charge on any atom is 0.256 e. The van der Waals surface area contributed by atoms with Crippen molar-refractivity contribution in [3.05, 3.63) is 36.0 Å². The summed E-state index contributed by atoms with van der Waals surface area (Å²) >= 11 is 0.